The Kier molecular flexibility index (Phi) is 6.03. The van der Waals surface area contributed by atoms with Crippen LogP contribution in [0.1, 0.15) is 28.7 Å². The Labute approximate surface area is 189 Å². The molecule has 4 aromatic rings. The molecule has 0 atom stereocenters. The molecule has 9 heteroatoms. The molecule has 0 fully saturated rings. The van der Waals surface area contributed by atoms with Gasteiger partial charge in [0.15, 0.2) is 17.1 Å². The maximum atomic E-state index is 13.0. The van der Waals surface area contributed by atoms with E-state index in [0.29, 0.717) is 17.2 Å². The molecule has 3 heterocycles. The molecule has 33 heavy (non-hydrogen) atoms. The van der Waals surface area contributed by atoms with Crippen molar-refractivity contribution in [1.82, 2.24) is 19.3 Å². The number of carbonyl (C=O) groups is 2. The Hall–Kier alpha value is -4.27. The summed E-state index contributed by atoms with van der Waals surface area (Å²) in [6, 6.07) is 14.2. The van der Waals surface area contributed by atoms with Gasteiger partial charge in [0, 0.05) is 28.9 Å². The van der Waals surface area contributed by atoms with Crippen LogP contribution in [0.4, 0.5) is 5.82 Å². The first-order valence-electron chi connectivity index (χ1n) is 10.5. The van der Waals surface area contributed by atoms with E-state index in [9.17, 15) is 14.4 Å². The molecule has 0 spiro atoms. The number of hydrogen-bond acceptors (Lipinski definition) is 6. The van der Waals surface area contributed by atoms with Gasteiger partial charge in [-0.1, -0.05) is 18.2 Å². The topological polar surface area (TPSA) is 108 Å². The average Bonchev–Trinajstić information content (AvgIpc) is 3.19. The van der Waals surface area contributed by atoms with Crippen LogP contribution >= 0.6 is 0 Å². The number of pyridine rings is 2. The second-order valence-corrected chi connectivity index (χ2v) is 7.51. The minimum Gasteiger partial charge on any atom is -0.462 e. The first-order valence-corrected chi connectivity index (χ1v) is 10.5. The zero-order valence-electron chi connectivity index (χ0n) is 18.5. The van der Waals surface area contributed by atoms with Crippen LogP contribution < -0.4 is 10.7 Å². The SMILES string of the molecule is CCOC(=O)c1cnn(-c2ccc3ccccc3n2)c1NC(=O)Cn1c(C)cc(=O)cc1C. The lowest BCUT2D eigenvalue weighted by atomic mass is 10.2. The van der Waals surface area contributed by atoms with Crippen molar-refractivity contribution in [3.05, 3.63) is 81.9 Å². The van der Waals surface area contributed by atoms with Crippen LogP contribution in [-0.4, -0.2) is 37.8 Å². The number of nitrogens with zero attached hydrogens (tertiary/aromatic N) is 4. The first-order chi connectivity index (χ1) is 15.9. The molecule has 1 N–H and O–H groups in total. The van der Waals surface area contributed by atoms with E-state index in [1.165, 1.54) is 23.0 Å². The predicted octanol–water partition coefficient (Wildman–Crippen LogP) is 3.01. The lowest BCUT2D eigenvalue weighted by Crippen LogP contribution is -2.25. The second-order valence-electron chi connectivity index (χ2n) is 7.51. The lowest BCUT2D eigenvalue weighted by molar-refractivity contribution is -0.116. The van der Waals surface area contributed by atoms with Gasteiger partial charge in [-0.05, 0) is 39.0 Å². The van der Waals surface area contributed by atoms with Crippen molar-refractivity contribution in [2.45, 2.75) is 27.3 Å². The zero-order chi connectivity index (χ0) is 23.5. The number of carbonyl (C=O) groups excluding carboxylic acids is 2. The van der Waals surface area contributed by atoms with Crippen molar-refractivity contribution >= 4 is 28.6 Å². The Balaban J connectivity index is 1.72. The second kappa shape index (κ2) is 9.07. The van der Waals surface area contributed by atoms with Crippen molar-refractivity contribution in [2.75, 3.05) is 11.9 Å². The standard InChI is InChI=1S/C24H23N5O4/c1-4-33-24(32)19-13-25-29(21-10-9-17-7-5-6-8-20(17)26-21)23(19)27-22(31)14-28-15(2)11-18(30)12-16(28)3/h5-13H,4,14H2,1-3H3,(H,27,31). The number of fused-ring (bicyclic) bond motifs is 1. The minimum absolute atomic E-state index is 0.0451. The van der Waals surface area contributed by atoms with Gasteiger partial charge in [0.05, 0.1) is 18.3 Å². The Morgan fingerprint density at radius 3 is 2.52 bits per heavy atom. The molecule has 0 aliphatic heterocycles. The van der Waals surface area contributed by atoms with Crippen molar-refractivity contribution in [2.24, 2.45) is 0 Å². The number of hydrogen-bond donors (Lipinski definition) is 1. The van der Waals surface area contributed by atoms with Crippen molar-refractivity contribution in [1.29, 1.82) is 0 Å². The monoisotopic (exact) mass is 445 g/mol. The molecule has 1 amide bonds. The summed E-state index contributed by atoms with van der Waals surface area (Å²) in [4.78, 5) is 41.8. The van der Waals surface area contributed by atoms with Crippen molar-refractivity contribution in [3.8, 4) is 5.82 Å². The number of para-hydroxylation sites is 1. The quantitative estimate of drug-likeness (QED) is 0.457. The Morgan fingerprint density at radius 1 is 1.06 bits per heavy atom. The summed E-state index contributed by atoms with van der Waals surface area (Å²) in [7, 11) is 0. The van der Waals surface area contributed by atoms with Crippen LogP contribution in [0.5, 0.6) is 0 Å². The number of amides is 1. The number of esters is 1. The lowest BCUT2D eigenvalue weighted by Gasteiger charge is -2.15. The number of nitrogens with one attached hydrogen (secondary N) is 1. The largest absolute Gasteiger partial charge is 0.462 e. The van der Waals surface area contributed by atoms with Crippen LogP contribution in [0, 0.1) is 13.8 Å². The van der Waals surface area contributed by atoms with Crippen molar-refractivity contribution in [3.63, 3.8) is 0 Å². The minimum atomic E-state index is -0.601. The highest BCUT2D eigenvalue weighted by molar-refractivity contribution is 6.00. The fourth-order valence-corrected chi connectivity index (χ4v) is 3.63. The van der Waals surface area contributed by atoms with Crippen LogP contribution in [0.3, 0.4) is 0 Å². The number of rotatable bonds is 6. The third-order valence-corrected chi connectivity index (χ3v) is 5.18. The molecule has 0 saturated heterocycles. The molecule has 4 rings (SSSR count). The van der Waals surface area contributed by atoms with Gasteiger partial charge in [0.1, 0.15) is 12.1 Å². The molecule has 0 bridgehead atoms. The Bertz CT molecular complexity index is 1390. The molecule has 0 unspecified atom stereocenters. The van der Waals surface area contributed by atoms with Gasteiger partial charge < -0.3 is 14.6 Å². The summed E-state index contributed by atoms with van der Waals surface area (Å²) in [5.41, 5.74) is 2.07. The Morgan fingerprint density at radius 2 is 1.79 bits per heavy atom. The van der Waals surface area contributed by atoms with Gasteiger partial charge >= 0.3 is 5.97 Å². The fourth-order valence-electron chi connectivity index (χ4n) is 3.63. The third kappa shape index (κ3) is 4.52. The molecule has 0 radical (unpaired) electrons. The van der Waals surface area contributed by atoms with Crippen LogP contribution in [-0.2, 0) is 16.1 Å². The fraction of sp³-hybridized carbons (Fsp3) is 0.208. The molecular weight excluding hydrogens is 422 g/mol. The first kappa shape index (κ1) is 21.9. The molecule has 168 valence electrons. The van der Waals surface area contributed by atoms with Gasteiger partial charge in [0.2, 0.25) is 5.91 Å². The van der Waals surface area contributed by atoms with E-state index in [2.05, 4.69) is 15.4 Å². The van der Waals surface area contributed by atoms with Crippen LogP contribution in [0.15, 0.2) is 59.5 Å². The molecule has 9 nitrogen and oxygen atoms in total. The van der Waals surface area contributed by atoms with E-state index < -0.39 is 11.9 Å². The van der Waals surface area contributed by atoms with Gasteiger partial charge in [-0.25, -0.2) is 9.78 Å². The summed E-state index contributed by atoms with van der Waals surface area (Å²) in [6.45, 7) is 5.36. The summed E-state index contributed by atoms with van der Waals surface area (Å²) in [5, 5.41) is 8.03. The summed E-state index contributed by atoms with van der Waals surface area (Å²) < 4.78 is 8.26. The van der Waals surface area contributed by atoms with E-state index in [1.807, 2.05) is 30.3 Å². The molecular formula is C24H23N5O4. The molecule has 0 aliphatic carbocycles. The van der Waals surface area contributed by atoms with E-state index >= 15 is 0 Å². The van der Waals surface area contributed by atoms with Gasteiger partial charge in [0.25, 0.3) is 0 Å². The highest BCUT2D eigenvalue weighted by Crippen LogP contribution is 2.22. The van der Waals surface area contributed by atoms with Gasteiger partial charge in [-0.15, -0.1) is 0 Å². The molecule has 1 aromatic carbocycles. The zero-order valence-corrected chi connectivity index (χ0v) is 18.5. The smallest absolute Gasteiger partial charge is 0.343 e. The van der Waals surface area contributed by atoms with Gasteiger partial charge in [-0.2, -0.15) is 9.78 Å². The highest BCUT2D eigenvalue weighted by Gasteiger charge is 2.22. The van der Waals surface area contributed by atoms with E-state index in [1.54, 1.807) is 31.4 Å². The summed E-state index contributed by atoms with van der Waals surface area (Å²) in [5.74, 6) is -0.388. The summed E-state index contributed by atoms with van der Waals surface area (Å²) in [6.07, 6.45) is 1.35. The number of aryl methyl sites for hydroxylation is 2. The number of ether oxygens (including phenoxy) is 1. The maximum absolute atomic E-state index is 13.0. The molecule has 3 aromatic heterocycles. The van der Waals surface area contributed by atoms with Crippen LogP contribution in [0.25, 0.3) is 16.7 Å². The molecule has 0 saturated carbocycles. The number of anilines is 1. The summed E-state index contributed by atoms with van der Waals surface area (Å²) >= 11 is 0. The predicted molar refractivity (Wildman–Crippen MR) is 124 cm³/mol. The van der Waals surface area contributed by atoms with Crippen molar-refractivity contribution < 1.29 is 14.3 Å². The number of benzene rings is 1. The highest BCUT2D eigenvalue weighted by atomic mass is 16.5. The van der Waals surface area contributed by atoms with E-state index in [-0.39, 0.29) is 30.0 Å². The third-order valence-electron chi connectivity index (χ3n) is 5.18. The average molecular weight is 445 g/mol. The normalized spacial score (nSPS) is 10.9. The maximum Gasteiger partial charge on any atom is 0.343 e. The number of aromatic nitrogens is 4. The van der Waals surface area contributed by atoms with Crippen LogP contribution in [0.2, 0.25) is 0 Å². The van der Waals surface area contributed by atoms with E-state index in [0.717, 1.165) is 10.9 Å². The molecule has 0 aliphatic rings. The van der Waals surface area contributed by atoms with Gasteiger partial charge in [-0.3, -0.25) is 9.59 Å². The van der Waals surface area contributed by atoms with E-state index in [4.69, 9.17) is 4.74 Å².